The largest absolute Gasteiger partial charge is 0.354 e. The van der Waals surface area contributed by atoms with Gasteiger partial charge >= 0.3 is 0 Å². The lowest BCUT2D eigenvalue weighted by atomic mass is 10.0. The zero-order valence-electron chi connectivity index (χ0n) is 14.0. The number of aliphatic imine (C=N–C) groups is 1. The Bertz CT molecular complexity index is 891. The fourth-order valence-electron chi connectivity index (χ4n) is 3.24. The van der Waals surface area contributed by atoms with Crippen LogP contribution in [0.3, 0.4) is 0 Å². The van der Waals surface area contributed by atoms with E-state index in [0.29, 0.717) is 0 Å². The molecule has 1 heterocycles. The highest BCUT2D eigenvalue weighted by atomic mass is 35.5. The predicted octanol–water partition coefficient (Wildman–Crippen LogP) is 4.48. The average molecular weight is 350 g/mol. The van der Waals surface area contributed by atoms with Gasteiger partial charge in [0.05, 0.1) is 5.69 Å². The lowest BCUT2D eigenvalue weighted by molar-refractivity contribution is 0.358. The first kappa shape index (κ1) is 16.1. The van der Waals surface area contributed by atoms with Gasteiger partial charge in [0, 0.05) is 36.8 Å². The first-order chi connectivity index (χ1) is 12.3. The third-order valence-corrected chi connectivity index (χ3v) is 4.76. The maximum absolute atomic E-state index is 6.02. The zero-order valence-corrected chi connectivity index (χ0v) is 14.7. The van der Waals surface area contributed by atoms with Gasteiger partial charge in [-0.2, -0.15) is 0 Å². The van der Waals surface area contributed by atoms with Gasteiger partial charge in [-0.05, 0) is 35.0 Å². The maximum atomic E-state index is 6.02. The second-order valence-corrected chi connectivity index (χ2v) is 6.61. The van der Waals surface area contributed by atoms with E-state index in [0.717, 1.165) is 42.7 Å². The minimum atomic E-state index is 0.729. The van der Waals surface area contributed by atoms with Gasteiger partial charge < -0.3 is 10.2 Å². The highest BCUT2D eigenvalue weighted by molar-refractivity contribution is 6.30. The summed E-state index contributed by atoms with van der Waals surface area (Å²) >= 11 is 6.02. The van der Waals surface area contributed by atoms with Crippen molar-refractivity contribution in [1.29, 1.82) is 0 Å². The van der Waals surface area contributed by atoms with E-state index in [4.69, 9.17) is 16.6 Å². The van der Waals surface area contributed by atoms with Crippen molar-refractivity contribution in [2.45, 2.75) is 0 Å². The molecule has 3 aromatic carbocycles. The molecule has 1 saturated heterocycles. The number of fused-ring (bicyclic) bond motifs is 1. The van der Waals surface area contributed by atoms with E-state index < -0.39 is 0 Å². The summed E-state index contributed by atoms with van der Waals surface area (Å²) in [5, 5.41) is 6.61. The smallest absolute Gasteiger partial charge is 0.137 e. The Labute approximate surface area is 152 Å². The Kier molecular flexibility index (Phi) is 4.68. The number of nitrogens with one attached hydrogen (secondary N) is 1. The summed E-state index contributed by atoms with van der Waals surface area (Å²) in [6, 6.07) is 22.6. The summed E-state index contributed by atoms with van der Waals surface area (Å²) in [6.45, 7) is 3.86. The van der Waals surface area contributed by atoms with Crippen LogP contribution >= 0.6 is 11.6 Å². The number of rotatable bonds is 2. The molecule has 0 aliphatic carbocycles. The predicted molar refractivity (Wildman–Crippen MR) is 106 cm³/mol. The molecule has 1 aliphatic heterocycles. The van der Waals surface area contributed by atoms with Crippen molar-refractivity contribution in [3.63, 3.8) is 0 Å². The van der Waals surface area contributed by atoms with E-state index in [2.05, 4.69) is 52.7 Å². The Balaban J connectivity index is 1.85. The molecule has 1 fully saturated rings. The Hall–Kier alpha value is -2.36. The van der Waals surface area contributed by atoms with Crippen LogP contribution < -0.4 is 5.32 Å². The van der Waals surface area contributed by atoms with Crippen molar-refractivity contribution >= 4 is 33.9 Å². The molecule has 0 unspecified atom stereocenters. The van der Waals surface area contributed by atoms with Gasteiger partial charge in [-0.1, -0.05) is 54.1 Å². The quantitative estimate of drug-likeness (QED) is 0.545. The van der Waals surface area contributed by atoms with Crippen molar-refractivity contribution in [2.24, 2.45) is 4.99 Å². The van der Waals surface area contributed by atoms with E-state index in [1.165, 1.54) is 16.3 Å². The molecule has 1 aliphatic rings. The van der Waals surface area contributed by atoms with Crippen LogP contribution in [-0.2, 0) is 0 Å². The Morgan fingerprint density at radius 2 is 1.60 bits per heavy atom. The minimum Gasteiger partial charge on any atom is -0.354 e. The van der Waals surface area contributed by atoms with Gasteiger partial charge in [-0.3, -0.25) is 0 Å². The fraction of sp³-hybridized carbons (Fsp3) is 0.190. The number of benzene rings is 3. The van der Waals surface area contributed by atoms with Crippen LogP contribution in [0.15, 0.2) is 71.7 Å². The fourth-order valence-corrected chi connectivity index (χ4v) is 3.36. The minimum absolute atomic E-state index is 0.729. The van der Waals surface area contributed by atoms with Gasteiger partial charge in [0.2, 0.25) is 0 Å². The molecule has 0 atom stereocenters. The third kappa shape index (κ3) is 3.53. The van der Waals surface area contributed by atoms with Crippen molar-refractivity contribution < 1.29 is 0 Å². The molecule has 4 heteroatoms. The van der Waals surface area contributed by atoms with Crippen LogP contribution in [0.25, 0.3) is 10.8 Å². The normalized spacial score (nSPS) is 15.6. The second-order valence-electron chi connectivity index (χ2n) is 6.18. The molecular weight excluding hydrogens is 330 g/mol. The molecule has 3 aromatic rings. The number of piperazine rings is 1. The lowest BCUT2D eigenvalue weighted by Crippen LogP contribution is -2.46. The van der Waals surface area contributed by atoms with E-state index in [1.54, 1.807) is 0 Å². The Morgan fingerprint density at radius 1 is 0.880 bits per heavy atom. The van der Waals surface area contributed by atoms with Gasteiger partial charge in [0.25, 0.3) is 0 Å². The molecule has 25 heavy (non-hydrogen) atoms. The monoisotopic (exact) mass is 349 g/mol. The van der Waals surface area contributed by atoms with Gasteiger partial charge in [0.15, 0.2) is 0 Å². The molecule has 126 valence electrons. The van der Waals surface area contributed by atoms with E-state index >= 15 is 0 Å². The topological polar surface area (TPSA) is 27.6 Å². The molecule has 3 nitrogen and oxygen atoms in total. The number of nitrogens with zero attached hydrogens (tertiary/aromatic N) is 2. The van der Waals surface area contributed by atoms with Gasteiger partial charge in [0.1, 0.15) is 5.84 Å². The maximum Gasteiger partial charge on any atom is 0.137 e. The average Bonchev–Trinajstić information content (AvgIpc) is 2.68. The van der Waals surface area contributed by atoms with Crippen LogP contribution in [0.2, 0.25) is 5.02 Å². The molecule has 1 N–H and O–H groups in total. The molecule has 4 rings (SSSR count). The summed E-state index contributed by atoms with van der Waals surface area (Å²) in [6.07, 6.45) is 0. The summed E-state index contributed by atoms with van der Waals surface area (Å²) in [5.74, 6) is 1.03. The van der Waals surface area contributed by atoms with Crippen LogP contribution in [-0.4, -0.2) is 36.9 Å². The molecule has 0 aromatic heterocycles. The zero-order chi connectivity index (χ0) is 17.1. The SMILES string of the molecule is Clc1ccc(N=C(c2cccc3ccccc23)N2CCNCC2)cc1. The first-order valence-corrected chi connectivity index (χ1v) is 8.97. The number of amidine groups is 1. The highest BCUT2D eigenvalue weighted by Crippen LogP contribution is 2.24. The third-order valence-electron chi connectivity index (χ3n) is 4.51. The van der Waals surface area contributed by atoms with Gasteiger partial charge in [-0.25, -0.2) is 4.99 Å². The molecule has 0 bridgehead atoms. The highest BCUT2D eigenvalue weighted by Gasteiger charge is 2.18. The van der Waals surface area contributed by atoms with Crippen LogP contribution in [0, 0.1) is 0 Å². The molecular formula is C21H20ClN3. The Morgan fingerprint density at radius 3 is 2.40 bits per heavy atom. The summed E-state index contributed by atoms with van der Waals surface area (Å²) in [7, 11) is 0. The van der Waals surface area contributed by atoms with Crippen molar-refractivity contribution in [3.05, 3.63) is 77.3 Å². The summed E-state index contributed by atoms with van der Waals surface area (Å²) < 4.78 is 0. The van der Waals surface area contributed by atoms with E-state index in [1.807, 2.05) is 24.3 Å². The number of halogens is 1. The van der Waals surface area contributed by atoms with Crippen LogP contribution in [0.4, 0.5) is 5.69 Å². The number of hydrogen-bond donors (Lipinski definition) is 1. The summed E-state index contributed by atoms with van der Waals surface area (Å²) in [4.78, 5) is 7.37. The lowest BCUT2D eigenvalue weighted by Gasteiger charge is -2.31. The van der Waals surface area contributed by atoms with E-state index in [9.17, 15) is 0 Å². The molecule has 0 spiro atoms. The first-order valence-electron chi connectivity index (χ1n) is 8.59. The summed E-state index contributed by atoms with van der Waals surface area (Å²) in [5.41, 5.74) is 2.10. The van der Waals surface area contributed by atoms with Crippen molar-refractivity contribution in [3.8, 4) is 0 Å². The standard InChI is InChI=1S/C21H20ClN3/c22-17-8-10-18(11-9-17)24-21(25-14-12-23-13-15-25)20-7-3-5-16-4-1-2-6-19(16)20/h1-11,23H,12-15H2. The second kappa shape index (κ2) is 7.26. The van der Waals surface area contributed by atoms with Crippen molar-refractivity contribution in [1.82, 2.24) is 10.2 Å². The molecule has 0 radical (unpaired) electrons. The molecule has 0 saturated carbocycles. The van der Waals surface area contributed by atoms with Crippen LogP contribution in [0.5, 0.6) is 0 Å². The van der Waals surface area contributed by atoms with Gasteiger partial charge in [-0.15, -0.1) is 0 Å². The van der Waals surface area contributed by atoms with Crippen LogP contribution in [0.1, 0.15) is 5.56 Å². The van der Waals surface area contributed by atoms with Crippen molar-refractivity contribution in [2.75, 3.05) is 26.2 Å². The number of hydrogen-bond acceptors (Lipinski definition) is 2. The van der Waals surface area contributed by atoms with E-state index in [-0.39, 0.29) is 0 Å². The molecule has 0 amide bonds.